The second-order valence-corrected chi connectivity index (χ2v) is 9.90. The summed E-state index contributed by atoms with van der Waals surface area (Å²) in [5.41, 5.74) is 6.94. The highest BCUT2D eigenvalue weighted by molar-refractivity contribution is 7.80. The molecule has 2 atom stereocenters. The fraction of sp³-hybridized carbons (Fsp3) is 0.286. The van der Waals surface area contributed by atoms with Crippen LogP contribution in [-0.4, -0.2) is 29.8 Å². The van der Waals surface area contributed by atoms with Crippen LogP contribution >= 0.6 is 12.2 Å². The molecular weight excluding hydrogens is 440 g/mol. The second-order valence-electron chi connectivity index (χ2n) is 9.51. The molecule has 6 heteroatoms. The van der Waals surface area contributed by atoms with Gasteiger partial charge in [0.15, 0.2) is 5.11 Å². The summed E-state index contributed by atoms with van der Waals surface area (Å²) in [5.74, 6) is 0.819. The molecule has 0 aliphatic carbocycles. The number of hydrogen-bond acceptors (Lipinski definition) is 4. The number of fused-ring (bicyclic) bond motifs is 1. The maximum Gasteiger partial charge on any atom is 0.174 e. The molecule has 2 aromatic carbocycles. The Bertz CT molecular complexity index is 1250. The van der Waals surface area contributed by atoms with Crippen LogP contribution in [0.5, 0.6) is 5.75 Å². The molecule has 0 amide bonds. The summed E-state index contributed by atoms with van der Waals surface area (Å²) < 4.78 is 5.37. The van der Waals surface area contributed by atoms with Crippen molar-refractivity contribution in [1.82, 2.24) is 10.3 Å². The van der Waals surface area contributed by atoms with Crippen molar-refractivity contribution in [2.45, 2.75) is 38.4 Å². The highest BCUT2D eigenvalue weighted by Crippen LogP contribution is 2.45. The molecule has 174 valence electrons. The van der Waals surface area contributed by atoms with Crippen molar-refractivity contribution < 1.29 is 4.74 Å². The molecule has 34 heavy (non-hydrogen) atoms. The molecule has 2 aliphatic rings. The van der Waals surface area contributed by atoms with Crippen molar-refractivity contribution in [3.05, 3.63) is 89.8 Å². The van der Waals surface area contributed by atoms with Crippen LogP contribution in [0.4, 0.5) is 11.4 Å². The van der Waals surface area contributed by atoms with E-state index in [1.54, 1.807) is 7.11 Å². The zero-order valence-corrected chi connectivity index (χ0v) is 21.1. The van der Waals surface area contributed by atoms with Gasteiger partial charge in [-0.2, -0.15) is 0 Å². The van der Waals surface area contributed by atoms with Gasteiger partial charge in [-0.15, -0.1) is 0 Å². The maximum absolute atomic E-state index is 5.87. The lowest BCUT2D eigenvalue weighted by atomic mass is 9.86. The maximum atomic E-state index is 5.87. The van der Waals surface area contributed by atoms with Gasteiger partial charge in [0, 0.05) is 30.2 Å². The molecule has 0 unspecified atom stereocenters. The lowest BCUT2D eigenvalue weighted by Crippen LogP contribution is -2.42. The van der Waals surface area contributed by atoms with E-state index in [0.717, 1.165) is 17.1 Å². The number of methoxy groups -OCH3 is 1. The van der Waals surface area contributed by atoms with E-state index in [1.807, 2.05) is 30.5 Å². The SMILES string of the molecule is COc1ccc(N2C(=S)N[C@H](c3ccccn3)[C@@H]2c2ccc3c(c2)C(C)=CC(C)(C)N3C)cc1. The van der Waals surface area contributed by atoms with Gasteiger partial charge in [0.2, 0.25) is 0 Å². The topological polar surface area (TPSA) is 40.6 Å². The first-order valence-electron chi connectivity index (χ1n) is 11.5. The minimum absolute atomic E-state index is 0.0271. The number of hydrogen-bond donors (Lipinski definition) is 1. The number of ether oxygens (including phenoxy) is 1. The number of nitrogens with zero attached hydrogens (tertiary/aromatic N) is 3. The number of aromatic nitrogens is 1. The third-order valence-electron chi connectivity index (χ3n) is 7.03. The average Bonchev–Trinajstić information content (AvgIpc) is 3.19. The Hall–Kier alpha value is -3.38. The lowest BCUT2D eigenvalue weighted by molar-refractivity contribution is 0.415. The number of likely N-dealkylation sites (N-methyl/N-ethyl adjacent to an activating group) is 1. The van der Waals surface area contributed by atoms with E-state index in [-0.39, 0.29) is 17.6 Å². The summed E-state index contributed by atoms with van der Waals surface area (Å²) in [6, 6.07) is 20.8. The monoisotopic (exact) mass is 470 g/mol. The number of nitrogens with one attached hydrogen (secondary N) is 1. The van der Waals surface area contributed by atoms with E-state index in [2.05, 4.69) is 90.4 Å². The molecule has 1 fully saturated rings. The van der Waals surface area contributed by atoms with E-state index < -0.39 is 0 Å². The zero-order valence-electron chi connectivity index (χ0n) is 20.2. The minimum Gasteiger partial charge on any atom is -0.497 e. The summed E-state index contributed by atoms with van der Waals surface area (Å²) in [7, 11) is 3.84. The van der Waals surface area contributed by atoms with Crippen LogP contribution in [0.1, 0.15) is 49.7 Å². The van der Waals surface area contributed by atoms with Crippen molar-refractivity contribution >= 4 is 34.3 Å². The highest BCUT2D eigenvalue weighted by atomic mass is 32.1. The molecule has 0 saturated carbocycles. The van der Waals surface area contributed by atoms with Crippen LogP contribution in [0.2, 0.25) is 0 Å². The summed E-state index contributed by atoms with van der Waals surface area (Å²) in [4.78, 5) is 9.21. The Balaban J connectivity index is 1.64. The average molecular weight is 471 g/mol. The molecule has 0 radical (unpaired) electrons. The number of anilines is 2. The molecular formula is C28H30N4OS. The van der Waals surface area contributed by atoms with Gasteiger partial charge in [0.05, 0.1) is 30.4 Å². The molecule has 3 heterocycles. The van der Waals surface area contributed by atoms with Crippen LogP contribution in [0.3, 0.4) is 0 Å². The van der Waals surface area contributed by atoms with E-state index >= 15 is 0 Å². The standard InChI is InChI=1S/C28H30N4OS/c1-18-17-28(2,3)31(4)24-14-9-19(16-22(18)24)26-25(23-8-6-7-15-29-23)30-27(34)32(26)20-10-12-21(33-5)13-11-20/h6-17,25-26H,1-5H3,(H,30,34)/t25-,26+/m1/s1. The molecule has 1 saturated heterocycles. The molecule has 0 spiro atoms. The lowest BCUT2D eigenvalue weighted by Gasteiger charge is -2.41. The normalized spacial score (nSPS) is 21.1. The predicted octanol–water partition coefficient (Wildman–Crippen LogP) is 5.90. The smallest absolute Gasteiger partial charge is 0.174 e. The fourth-order valence-electron chi connectivity index (χ4n) is 5.08. The molecule has 5 nitrogen and oxygen atoms in total. The fourth-order valence-corrected chi connectivity index (χ4v) is 5.42. The predicted molar refractivity (Wildman–Crippen MR) is 144 cm³/mol. The Morgan fingerprint density at radius 3 is 2.50 bits per heavy atom. The summed E-state index contributed by atoms with van der Waals surface area (Å²) in [6.07, 6.45) is 4.18. The third-order valence-corrected chi connectivity index (χ3v) is 7.35. The first-order chi connectivity index (χ1) is 16.3. The van der Waals surface area contributed by atoms with Crippen LogP contribution in [0.25, 0.3) is 5.57 Å². The van der Waals surface area contributed by atoms with Crippen molar-refractivity contribution in [2.75, 3.05) is 24.0 Å². The van der Waals surface area contributed by atoms with Gasteiger partial charge in [-0.3, -0.25) is 4.98 Å². The van der Waals surface area contributed by atoms with Gasteiger partial charge >= 0.3 is 0 Å². The Kier molecular flexibility index (Phi) is 5.56. The third kappa shape index (κ3) is 3.72. The van der Waals surface area contributed by atoms with Crippen molar-refractivity contribution in [3.8, 4) is 5.75 Å². The van der Waals surface area contributed by atoms with Crippen molar-refractivity contribution in [2.24, 2.45) is 0 Å². The first-order valence-corrected chi connectivity index (χ1v) is 11.9. The van der Waals surface area contributed by atoms with Crippen LogP contribution in [0, 0.1) is 0 Å². The molecule has 5 rings (SSSR count). The van der Waals surface area contributed by atoms with E-state index in [0.29, 0.717) is 5.11 Å². The molecule has 0 bridgehead atoms. The minimum atomic E-state index is -0.0732. The van der Waals surface area contributed by atoms with Gasteiger partial charge in [0.1, 0.15) is 5.75 Å². The highest BCUT2D eigenvalue weighted by Gasteiger charge is 2.41. The Morgan fingerprint density at radius 1 is 1.06 bits per heavy atom. The van der Waals surface area contributed by atoms with Crippen molar-refractivity contribution in [3.63, 3.8) is 0 Å². The van der Waals surface area contributed by atoms with Gasteiger partial charge in [0.25, 0.3) is 0 Å². The van der Waals surface area contributed by atoms with Crippen LogP contribution in [-0.2, 0) is 0 Å². The number of pyridine rings is 1. The van der Waals surface area contributed by atoms with Gasteiger partial charge in [-0.05, 0) is 92.7 Å². The zero-order chi connectivity index (χ0) is 24.0. The molecule has 2 aliphatic heterocycles. The number of allylic oxidation sites excluding steroid dienone is 1. The van der Waals surface area contributed by atoms with E-state index in [4.69, 9.17) is 17.0 Å². The summed E-state index contributed by atoms with van der Waals surface area (Å²) in [6.45, 7) is 6.69. The summed E-state index contributed by atoms with van der Waals surface area (Å²) >= 11 is 5.87. The number of thiocarbonyl (C=S) groups is 1. The largest absolute Gasteiger partial charge is 0.497 e. The van der Waals surface area contributed by atoms with Crippen LogP contribution < -0.4 is 19.9 Å². The van der Waals surface area contributed by atoms with E-state index in [1.165, 1.54) is 22.4 Å². The second kappa shape index (κ2) is 8.44. The molecule has 1 N–H and O–H groups in total. The number of benzene rings is 2. The van der Waals surface area contributed by atoms with Crippen LogP contribution in [0.15, 0.2) is 72.9 Å². The Morgan fingerprint density at radius 2 is 1.82 bits per heavy atom. The molecule has 1 aromatic heterocycles. The molecule has 3 aromatic rings. The van der Waals surface area contributed by atoms with Gasteiger partial charge < -0.3 is 19.9 Å². The number of rotatable bonds is 4. The van der Waals surface area contributed by atoms with Gasteiger partial charge in [-0.1, -0.05) is 18.2 Å². The van der Waals surface area contributed by atoms with Gasteiger partial charge in [-0.25, -0.2) is 0 Å². The van der Waals surface area contributed by atoms with E-state index in [9.17, 15) is 0 Å². The van der Waals surface area contributed by atoms with Crippen molar-refractivity contribution in [1.29, 1.82) is 0 Å². The quantitative estimate of drug-likeness (QED) is 0.479. The first kappa shape index (κ1) is 22.4. The Labute approximate surface area is 207 Å². The summed E-state index contributed by atoms with van der Waals surface area (Å²) in [5, 5.41) is 4.24.